The predicted molar refractivity (Wildman–Crippen MR) is 118 cm³/mol. The summed E-state index contributed by atoms with van der Waals surface area (Å²) in [6.45, 7) is 4.70. The van der Waals surface area contributed by atoms with E-state index in [1.807, 2.05) is 31.2 Å². The summed E-state index contributed by atoms with van der Waals surface area (Å²) in [6, 6.07) is 7.93. The van der Waals surface area contributed by atoms with Crippen LogP contribution in [-0.4, -0.2) is 49.9 Å². The van der Waals surface area contributed by atoms with Crippen LogP contribution in [0.15, 0.2) is 36.7 Å². The summed E-state index contributed by atoms with van der Waals surface area (Å²) in [5.74, 6) is 4.91. The molecular weight excluding hydrogens is 414 g/mol. The van der Waals surface area contributed by atoms with Crippen molar-refractivity contribution in [1.82, 2.24) is 30.2 Å². The van der Waals surface area contributed by atoms with Crippen LogP contribution in [0.5, 0.6) is 5.75 Å². The van der Waals surface area contributed by atoms with Crippen molar-refractivity contribution in [2.24, 2.45) is 17.8 Å². The zero-order valence-corrected chi connectivity index (χ0v) is 18.3. The molecule has 3 aromatic rings. The molecule has 162 valence electrons. The maximum atomic E-state index is 5.98. The second kappa shape index (κ2) is 8.78. The smallest absolute Gasteiger partial charge is 0.225 e. The molecule has 9 heteroatoms. The van der Waals surface area contributed by atoms with Crippen molar-refractivity contribution < 1.29 is 4.74 Å². The molecular formula is C22H26ClN7O. The number of halogens is 1. The van der Waals surface area contributed by atoms with Gasteiger partial charge in [-0.3, -0.25) is 0 Å². The normalized spacial score (nSPS) is 21.3. The fraction of sp³-hybridized carbons (Fsp3) is 0.500. The SMILES string of the molecule is Cc1nnnn1-c1ccc(OCCC2CC2C2CCN(c3ncc(Cl)cn3)CC2)cc1. The number of hydrogen-bond donors (Lipinski definition) is 0. The van der Waals surface area contributed by atoms with Gasteiger partial charge in [-0.2, -0.15) is 4.68 Å². The average molecular weight is 440 g/mol. The van der Waals surface area contributed by atoms with Crippen LogP contribution in [0.4, 0.5) is 5.95 Å². The number of piperidine rings is 1. The summed E-state index contributed by atoms with van der Waals surface area (Å²) in [5, 5.41) is 12.2. The number of nitrogens with zero attached hydrogens (tertiary/aromatic N) is 7. The van der Waals surface area contributed by atoms with Crippen molar-refractivity contribution in [2.75, 3.05) is 24.6 Å². The lowest BCUT2D eigenvalue weighted by Gasteiger charge is -2.32. The van der Waals surface area contributed by atoms with Gasteiger partial charge in [-0.1, -0.05) is 11.6 Å². The summed E-state index contributed by atoms with van der Waals surface area (Å²) >= 11 is 5.89. The van der Waals surface area contributed by atoms with E-state index in [1.54, 1.807) is 17.1 Å². The minimum absolute atomic E-state index is 0.584. The van der Waals surface area contributed by atoms with Gasteiger partial charge in [0.05, 0.1) is 29.7 Å². The van der Waals surface area contributed by atoms with E-state index in [0.717, 1.165) is 67.1 Å². The Labute approximate surface area is 186 Å². The minimum Gasteiger partial charge on any atom is -0.494 e. The number of hydrogen-bond acceptors (Lipinski definition) is 7. The van der Waals surface area contributed by atoms with E-state index in [9.17, 15) is 0 Å². The molecule has 2 unspecified atom stereocenters. The fourth-order valence-electron chi connectivity index (χ4n) is 4.66. The van der Waals surface area contributed by atoms with Gasteiger partial charge in [-0.05, 0) is 85.1 Å². The van der Waals surface area contributed by atoms with Crippen molar-refractivity contribution in [3.8, 4) is 11.4 Å². The zero-order valence-electron chi connectivity index (χ0n) is 17.6. The lowest BCUT2D eigenvalue weighted by Crippen LogP contribution is -2.35. The molecule has 0 bridgehead atoms. The number of anilines is 1. The molecule has 0 N–H and O–H groups in total. The van der Waals surface area contributed by atoms with Gasteiger partial charge in [0.1, 0.15) is 5.75 Å². The first-order valence-corrected chi connectivity index (χ1v) is 11.3. The van der Waals surface area contributed by atoms with Crippen LogP contribution in [0.2, 0.25) is 5.02 Å². The van der Waals surface area contributed by atoms with Gasteiger partial charge < -0.3 is 9.64 Å². The van der Waals surface area contributed by atoms with E-state index in [2.05, 4.69) is 30.4 Å². The number of aromatic nitrogens is 6. The highest BCUT2D eigenvalue weighted by Gasteiger charge is 2.43. The van der Waals surface area contributed by atoms with Crippen LogP contribution in [0, 0.1) is 24.7 Å². The summed E-state index contributed by atoms with van der Waals surface area (Å²) in [4.78, 5) is 11.0. The Morgan fingerprint density at radius 1 is 1.10 bits per heavy atom. The van der Waals surface area contributed by atoms with Crippen LogP contribution >= 0.6 is 11.6 Å². The molecule has 2 aromatic heterocycles. The number of tetrazole rings is 1. The number of rotatable bonds is 7. The van der Waals surface area contributed by atoms with Crippen LogP contribution in [0.25, 0.3) is 5.69 Å². The second-order valence-electron chi connectivity index (χ2n) is 8.45. The summed E-state index contributed by atoms with van der Waals surface area (Å²) in [5.41, 5.74) is 0.937. The third-order valence-corrected chi connectivity index (χ3v) is 6.67. The monoisotopic (exact) mass is 439 g/mol. The molecule has 8 nitrogen and oxygen atoms in total. The quantitative estimate of drug-likeness (QED) is 0.554. The van der Waals surface area contributed by atoms with Gasteiger partial charge >= 0.3 is 0 Å². The van der Waals surface area contributed by atoms with Gasteiger partial charge in [0.2, 0.25) is 5.95 Å². The first-order valence-electron chi connectivity index (χ1n) is 10.9. The van der Waals surface area contributed by atoms with Crippen molar-refractivity contribution in [2.45, 2.75) is 32.6 Å². The number of ether oxygens (including phenoxy) is 1. The Balaban J connectivity index is 1.04. The van der Waals surface area contributed by atoms with Crippen molar-refractivity contribution in [3.05, 3.63) is 47.5 Å². The maximum Gasteiger partial charge on any atom is 0.225 e. The fourth-order valence-corrected chi connectivity index (χ4v) is 4.76. The Morgan fingerprint density at radius 3 is 2.52 bits per heavy atom. The predicted octanol–water partition coefficient (Wildman–Crippen LogP) is 3.74. The summed E-state index contributed by atoms with van der Waals surface area (Å²) in [7, 11) is 0. The highest BCUT2D eigenvalue weighted by molar-refractivity contribution is 6.30. The average Bonchev–Trinajstić information content (AvgIpc) is 3.45. The first kappa shape index (κ1) is 20.2. The molecule has 2 atom stereocenters. The summed E-state index contributed by atoms with van der Waals surface area (Å²) in [6.07, 6.45) is 8.24. The van der Waals surface area contributed by atoms with Crippen molar-refractivity contribution in [1.29, 1.82) is 0 Å². The Morgan fingerprint density at radius 2 is 1.84 bits per heavy atom. The second-order valence-corrected chi connectivity index (χ2v) is 8.89. The van der Waals surface area contributed by atoms with Crippen LogP contribution < -0.4 is 9.64 Å². The molecule has 2 aliphatic rings. The Kier molecular flexibility index (Phi) is 5.72. The molecule has 1 aromatic carbocycles. The van der Waals surface area contributed by atoms with Gasteiger partial charge in [0, 0.05) is 13.1 Å². The highest BCUT2D eigenvalue weighted by atomic mass is 35.5. The molecule has 0 radical (unpaired) electrons. The molecule has 0 amide bonds. The molecule has 1 saturated carbocycles. The first-order chi connectivity index (χ1) is 15.2. The molecule has 1 saturated heterocycles. The molecule has 5 rings (SSSR count). The maximum absolute atomic E-state index is 5.98. The minimum atomic E-state index is 0.584. The van der Waals surface area contributed by atoms with E-state index in [0.29, 0.717) is 5.02 Å². The molecule has 0 spiro atoms. The van der Waals surface area contributed by atoms with Gasteiger partial charge in [0.15, 0.2) is 5.82 Å². The molecule has 2 fully saturated rings. The Bertz CT molecular complexity index is 999. The summed E-state index contributed by atoms with van der Waals surface area (Å²) < 4.78 is 7.69. The molecule has 31 heavy (non-hydrogen) atoms. The van der Waals surface area contributed by atoms with Crippen molar-refractivity contribution >= 4 is 17.5 Å². The van der Waals surface area contributed by atoms with Gasteiger partial charge in [-0.15, -0.1) is 5.10 Å². The topological polar surface area (TPSA) is 81.9 Å². The third-order valence-electron chi connectivity index (χ3n) is 6.48. The number of benzene rings is 1. The lowest BCUT2D eigenvalue weighted by atomic mass is 9.90. The van der Waals surface area contributed by atoms with E-state index in [1.165, 1.54) is 19.3 Å². The third kappa shape index (κ3) is 4.63. The zero-order chi connectivity index (χ0) is 21.2. The van der Waals surface area contributed by atoms with E-state index >= 15 is 0 Å². The van der Waals surface area contributed by atoms with E-state index < -0.39 is 0 Å². The lowest BCUT2D eigenvalue weighted by molar-refractivity contribution is 0.284. The molecule has 1 aliphatic heterocycles. The molecule has 1 aliphatic carbocycles. The largest absolute Gasteiger partial charge is 0.494 e. The van der Waals surface area contributed by atoms with Crippen LogP contribution in [0.1, 0.15) is 31.5 Å². The Hall–Kier alpha value is -2.74. The van der Waals surface area contributed by atoms with E-state index in [4.69, 9.17) is 16.3 Å². The number of aryl methyl sites for hydroxylation is 1. The van der Waals surface area contributed by atoms with Crippen LogP contribution in [0.3, 0.4) is 0 Å². The van der Waals surface area contributed by atoms with Gasteiger partial charge in [0.25, 0.3) is 0 Å². The van der Waals surface area contributed by atoms with Gasteiger partial charge in [-0.25, -0.2) is 9.97 Å². The van der Waals surface area contributed by atoms with Crippen LogP contribution in [-0.2, 0) is 0 Å². The van der Waals surface area contributed by atoms with Crippen molar-refractivity contribution in [3.63, 3.8) is 0 Å². The molecule has 3 heterocycles. The standard InChI is InChI=1S/C22H26ClN7O/c1-15-26-27-28-30(15)19-2-4-20(5-3-19)31-11-8-17-12-21(17)16-6-9-29(10-7-16)22-24-13-18(23)14-25-22/h2-5,13-14,16-17,21H,6-12H2,1H3. The highest BCUT2D eigenvalue weighted by Crippen LogP contribution is 2.49. The van der Waals surface area contributed by atoms with E-state index in [-0.39, 0.29) is 0 Å².